The minimum Gasteiger partial charge on any atom is -0.869 e. The van der Waals surface area contributed by atoms with Gasteiger partial charge in [0.05, 0.1) is 4.90 Å². The van der Waals surface area contributed by atoms with E-state index in [0.29, 0.717) is 29.9 Å². The standard InChI is InChI=1S/2C23H32O5S.Ca/c2*1-2-3-4-5-6-7-8-9-11-14-19-17-18-21(22(24)23(19)29(25,26)27)28-20-15-12-10-13-16-20;/h2*10,12-13,15-18,24H,2-9,11,14H2,1H3,(H,25,26,27);/q;;+2/p-2. The van der Waals surface area contributed by atoms with Gasteiger partial charge in [0, 0.05) is 0 Å². The van der Waals surface area contributed by atoms with Gasteiger partial charge in [0.1, 0.15) is 32.3 Å². The van der Waals surface area contributed by atoms with Crippen LogP contribution in [0.2, 0.25) is 0 Å². The fourth-order valence-corrected chi connectivity index (χ4v) is 8.45. The molecule has 0 aliphatic rings. The fraction of sp³-hybridized carbons (Fsp3) is 0.478. The number of phenolic OH excluding ortho intramolecular Hbond substituents is 1. The van der Waals surface area contributed by atoms with Crippen molar-refractivity contribution in [2.45, 2.75) is 152 Å². The van der Waals surface area contributed by atoms with Crippen molar-refractivity contribution in [2.75, 3.05) is 0 Å². The second-order valence-corrected chi connectivity index (χ2v) is 17.4. The Kier molecular flexibility index (Phi) is 25.4. The zero-order chi connectivity index (χ0) is 42.2. The number of unbranched alkanes of at least 4 members (excludes halogenated alkanes) is 16. The van der Waals surface area contributed by atoms with Crippen LogP contribution < -0.4 is 14.6 Å². The molecule has 0 heterocycles. The molecule has 0 aliphatic carbocycles. The summed E-state index contributed by atoms with van der Waals surface area (Å²) < 4.78 is 79.6. The average molecular weight is 879 g/mol. The van der Waals surface area contributed by atoms with Crippen molar-refractivity contribution in [3.8, 4) is 34.5 Å². The summed E-state index contributed by atoms with van der Waals surface area (Å²) in [5, 5.41) is 23.0. The van der Waals surface area contributed by atoms with E-state index in [9.17, 15) is 36.2 Å². The molecule has 0 amide bonds. The Bertz CT molecular complexity index is 1850. The van der Waals surface area contributed by atoms with Crippen molar-refractivity contribution in [3.05, 3.63) is 96.1 Å². The first-order chi connectivity index (χ1) is 27.9. The van der Waals surface area contributed by atoms with Crippen LogP contribution in [0.5, 0.6) is 34.5 Å². The van der Waals surface area contributed by atoms with E-state index in [1.165, 1.54) is 82.8 Å². The van der Waals surface area contributed by atoms with E-state index in [4.69, 9.17) is 9.47 Å². The number of aryl methyl sites for hydroxylation is 2. The predicted molar refractivity (Wildman–Crippen MR) is 232 cm³/mol. The summed E-state index contributed by atoms with van der Waals surface area (Å²) in [7, 11) is -9.45. The molecule has 0 aromatic heterocycles. The van der Waals surface area contributed by atoms with Crippen LogP contribution in [0.1, 0.15) is 141 Å². The molecule has 320 valence electrons. The Morgan fingerprint density at radius 2 is 0.864 bits per heavy atom. The monoisotopic (exact) mass is 878 g/mol. The molecule has 4 aromatic carbocycles. The fourth-order valence-electron chi connectivity index (χ4n) is 6.78. The van der Waals surface area contributed by atoms with Crippen molar-refractivity contribution >= 4 is 58.0 Å². The Morgan fingerprint density at radius 3 is 1.25 bits per heavy atom. The SMILES string of the molecule is CCCCCCCCCCCc1ccc(Oc2ccccc2)c(O)c1S(=O)(=O)O.CCCCCCCCCCCc1ccc(Oc2ccccc2)c([O-])c1S(=O)(=O)[O-].[Ca+2]. The van der Waals surface area contributed by atoms with E-state index < -0.39 is 41.5 Å². The molecular weight excluding hydrogens is 817 g/mol. The average Bonchev–Trinajstić information content (AvgIpc) is 3.18. The summed E-state index contributed by atoms with van der Waals surface area (Å²) in [4.78, 5) is -1.13. The number of hydrogen-bond acceptors (Lipinski definition) is 9. The second-order valence-electron chi connectivity index (χ2n) is 14.7. The van der Waals surface area contributed by atoms with E-state index in [1.807, 2.05) is 6.07 Å². The number of benzene rings is 4. The maximum atomic E-state index is 12.6. The minimum atomic E-state index is -4.88. The molecule has 0 bridgehead atoms. The van der Waals surface area contributed by atoms with E-state index in [0.717, 1.165) is 44.9 Å². The van der Waals surface area contributed by atoms with Gasteiger partial charge < -0.3 is 24.2 Å². The smallest absolute Gasteiger partial charge is 0.869 e. The van der Waals surface area contributed by atoms with Crippen molar-refractivity contribution in [1.29, 1.82) is 0 Å². The Morgan fingerprint density at radius 1 is 0.508 bits per heavy atom. The van der Waals surface area contributed by atoms with Gasteiger partial charge in [-0.25, -0.2) is 8.42 Å². The molecule has 0 radical (unpaired) electrons. The molecule has 0 saturated heterocycles. The van der Waals surface area contributed by atoms with Gasteiger partial charge in [-0.15, -0.1) is 0 Å². The number of phenols is 1. The van der Waals surface area contributed by atoms with E-state index in [1.54, 1.807) is 66.7 Å². The maximum absolute atomic E-state index is 12.6. The third-order valence-electron chi connectivity index (χ3n) is 9.88. The van der Waals surface area contributed by atoms with Crippen molar-refractivity contribution < 1.29 is 45.6 Å². The van der Waals surface area contributed by atoms with Gasteiger partial charge in [0.2, 0.25) is 0 Å². The third-order valence-corrected chi connectivity index (χ3v) is 11.8. The Hall–Kier alpha value is -2.84. The van der Waals surface area contributed by atoms with Crippen LogP contribution in [0.15, 0.2) is 94.7 Å². The molecule has 4 aromatic rings. The topological polar surface area (TPSA) is 173 Å². The molecule has 59 heavy (non-hydrogen) atoms. The number of rotatable bonds is 26. The first-order valence-electron chi connectivity index (χ1n) is 20.9. The van der Waals surface area contributed by atoms with Gasteiger partial charge in [0.25, 0.3) is 10.1 Å². The summed E-state index contributed by atoms with van der Waals surface area (Å²) in [5.41, 5.74) is 0.696. The first-order valence-corrected chi connectivity index (χ1v) is 23.8. The minimum absolute atomic E-state index is 0. The van der Waals surface area contributed by atoms with Crippen LogP contribution >= 0.6 is 0 Å². The third kappa shape index (κ3) is 19.6. The maximum Gasteiger partial charge on any atom is 2.00 e. The van der Waals surface area contributed by atoms with Gasteiger partial charge >= 0.3 is 37.7 Å². The molecule has 10 nitrogen and oxygen atoms in total. The first kappa shape index (κ1) is 52.3. The van der Waals surface area contributed by atoms with Crippen molar-refractivity contribution in [1.82, 2.24) is 0 Å². The molecule has 0 atom stereocenters. The molecular formula is C46H62CaO10S2. The molecule has 2 N–H and O–H groups in total. The summed E-state index contributed by atoms with van der Waals surface area (Å²) in [6.07, 6.45) is 21.5. The quantitative estimate of drug-likeness (QED) is 0.0351. The summed E-state index contributed by atoms with van der Waals surface area (Å²) >= 11 is 0. The summed E-state index contributed by atoms with van der Waals surface area (Å²) in [6, 6.07) is 23.5. The van der Waals surface area contributed by atoms with Crippen LogP contribution in [-0.2, 0) is 33.1 Å². The van der Waals surface area contributed by atoms with Crippen molar-refractivity contribution in [2.24, 2.45) is 0 Å². The predicted octanol–water partition coefficient (Wildman–Crippen LogP) is 11.7. The normalized spacial score (nSPS) is 11.3. The molecule has 0 saturated carbocycles. The zero-order valence-electron chi connectivity index (χ0n) is 34.9. The Balaban J connectivity index is 0.000000400. The number of hydrogen-bond donors (Lipinski definition) is 2. The van der Waals surface area contributed by atoms with Gasteiger partial charge in [-0.2, -0.15) is 8.42 Å². The molecule has 0 spiro atoms. The number of ether oxygens (including phenoxy) is 2. The number of aromatic hydroxyl groups is 1. The number of para-hydroxylation sites is 2. The second kappa shape index (κ2) is 28.6. The van der Waals surface area contributed by atoms with Crippen LogP contribution in [0.25, 0.3) is 0 Å². The molecule has 13 heteroatoms. The van der Waals surface area contributed by atoms with E-state index in [-0.39, 0.29) is 54.8 Å². The summed E-state index contributed by atoms with van der Waals surface area (Å²) in [6.45, 7) is 4.41. The van der Waals surface area contributed by atoms with Crippen molar-refractivity contribution in [3.63, 3.8) is 0 Å². The zero-order valence-corrected chi connectivity index (χ0v) is 38.8. The van der Waals surface area contributed by atoms with Crippen LogP contribution in [0.3, 0.4) is 0 Å². The Labute approximate surface area is 383 Å². The molecule has 0 aliphatic heterocycles. The molecule has 0 fully saturated rings. The van der Waals surface area contributed by atoms with E-state index >= 15 is 0 Å². The summed E-state index contributed by atoms with van der Waals surface area (Å²) in [5.74, 6) is -0.690. The van der Waals surface area contributed by atoms with Crippen LogP contribution in [-0.4, -0.2) is 68.8 Å². The van der Waals surface area contributed by atoms with E-state index in [2.05, 4.69) is 13.8 Å². The van der Waals surface area contributed by atoms with Crippen LogP contribution in [0, 0.1) is 0 Å². The van der Waals surface area contributed by atoms with Gasteiger partial charge in [-0.3, -0.25) is 4.55 Å². The molecule has 0 unspecified atom stereocenters. The van der Waals surface area contributed by atoms with Gasteiger partial charge in [-0.1, -0.05) is 165 Å². The van der Waals surface area contributed by atoms with Gasteiger partial charge in [-0.05, 0) is 79.0 Å². The van der Waals surface area contributed by atoms with Gasteiger partial charge in [0.15, 0.2) is 11.5 Å². The largest absolute Gasteiger partial charge is 2.00 e. The molecule has 4 rings (SSSR count). The van der Waals surface area contributed by atoms with Crippen LogP contribution in [0.4, 0.5) is 0 Å².